The van der Waals surface area contributed by atoms with Gasteiger partial charge in [-0.1, -0.05) is 10.3 Å². The highest BCUT2D eigenvalue weighted by Crippen LogP contribution is 2.39. The van der Waals surface area contributed by atoms with Crippen LogP contribution in [0, 0.1) is 6.92 Å². The van der Waals surface area contributed by atoms with Crippen molar-refractivity contribution in [2.24, 2.45) is 0 Å². The Morgan fingerprint density at radius 1 is 1.32 bits per heavy atom. The highest BCUT2D eigenvalue weighted by molar-refractivity contribution is 5.91. The number of rotatable bonds is 5. The van der Waals surface area contributed by atoms with Crippen LogP contribution in [-0.4, -0.2) is 45.7 Å². The summed E-state index contributed by atoms with van der Waals surface area (Å²) in [6, 6.07) is 1.69. The molecule has 2 aliphatic rings. The van der Waals surface area contributed by atoms with Crippen LogP contribution in [0.15, 0.2) is 15.1 Å². The standard InChI is InChI=1S/C14H17N5O3/c1-8-4-11(17-21-8)15-12(20)7-19-5-10(6-19)14-16-13(18-22-14)9-2-3-9/h4,9-10H,2-3,5-7H2,1H3,(H,15,17,20). The molecular formula is C14H17N5O3. The van der Waals surface area contributed by atoms with Gasteiger partial charge in [0.05, 0.1) is 12.5 Å². The number of hydrogen-bond acceptors (Lipinski definition) is 7. The number of aryl methyl sites for hydroxylation is 1. The van der Waals surface area contributed by atoms with E-state index >= 15 is 0 Å². The number of nitrogens with one attached hydrogen (secondary N) is 1. The summed E-state index contributed by atoms with van der Waals surface area (Å²) in [5, 5.41) is 10.5. The number of hydrogen-bond donors (Lipinski definition) is 1. The maximum absolute atomic E-state index is 11.9. The molecular weight excluding hydrogens is 286 g/mol. The van der Waals surface area contributed by atoms with E-state index < -0.39 is 0 Å². The van der Waals surface area contributed by atoms with E-state index in [9.17, 15) is 4.79 Å². The molecule has 1 aliphatic carbocycles. The summed E-state index contributed by atoms with van der Waals surface area (Å²) in [5.41, 5.74) is 0. The first-order valence-corrected chi connectivity index (χ1v) is 7.46. The minimum Gasteiger partial charge on any atom is -0.360 e. The number of anilines is 1. The fourth-order valence-corrected chi connectivity index (χ4v) is 2.59. The first-order valence-electron chi connectivity index (χ1n) is 7.46. The van der Waals surface area contributed by atoms with Crippen molar-refractivity contribution in [2.75, 3.05) is 25.0 Å². The summed E-state index contributed by atoms with van der Waals surface area (Å²) in [7, 11) is 0. The van der Waals surface area contributed by atoms with E-state index in [1.807, 2.05) is 4.90 Å². The van der Waals surface area contributed by atoms with Gasteiger partial charge in [-0.15, -0.1) is 0 Å². The van der Waals surface area contributed by atoms with Crippen molar-refractivity contribution >= 4 is 11.7 Å². The lowest BCUT2D eigenvalue weighted by atomic mass is 10.0. The molecule has 8 nitrogen and oxygen atoms in total. The van der Waals surface area contributed by atoms with Gasteiger partial charge in [-0.3, -0.25) is 9.69 Å². The zero-order chi connectivity index (χ0) is 15.1. The maximum Gasteiger partial charge on any atom is 0.239 e. The Labute approximate surface area is 126 Å². The Hall–Kier alpha value is -2.22. The molecule has 3 heterocycles. The van der Waals surface area contributed by atoms with Crippen molar-refractivity contribution in [2.45, 2.75) is 31.6 Å². The first-order chi connectivity index (χ1) is 10.7. The fourth-order valence-electron chi connectivity index (χ4n) is 2.59. The summed E-state index contributed by atoms with van der Waals surface area (Å²) in [6.45, 7) is 3.63. The number of carbonyl (C=O) groups excluding carboxylic acids is 1. The predicted molar refractivity (Wildman–Crippen MR) is 75.3 cm³/mol. The average Bonchev–Trinajstić information content (AvgIpc) is 3.04. The van der Waals surface area contributed by atoms with Gasteiger partial charge in [0.25, 0.3) is 0 Å². The Morgan fingerprint density at radius 2 is 2.14 bits per heavy atom. The van der Waals surface area contributed by atoms with E-state index in [0.29, 0.717) is 29.9 Å². The second-order valence-electron chi connectivity index (χ2n) is 6.03. The molecule has 2 fully saturated rings. The van der Waals surface area contributed by atoms with Crippen molar-refractivity contribution in [3.63, 3.8) is 0 Å². The summed E-state index contributed by atoms with van der Waals surface area (Å²) >= 11 is 0. The quantitative estimate of drug-likeness (QED) is 0.888. The van der Waals surface area contributed by atoms with Gasteiger partial charge in [-0.2, -0.15) is 4.98 Å². The molecule has 1 saturated carbocycles. The van der Waals surface area contributed by atoms with E-state index in [1.165, 1.54) is 0 Å². The van der Waals surface area contributed by atoms with Crippen molar-refractivity contribution in [1.29, 1.82) is 0 Å². The van der Waals surface area contributed by atoms with E-state index in [4.69, 9.17) is 9.05 Å². The fraction of sp³-hybridized carbons (Fsp3) is 0.571. The average molecular weight is 303 g/mol. The molecule has 1 N–H and O–H groups in total. The smallest absolute Gasteiger partial charge is 0.239 e. The third kappa shape index (κ3) is 2.74. The predicted octanol–water partition coefficient (Wildman–Crippen LogP) is 1.28. The van der Waals surface area contributed by atoms with E-state index in [0.717, 1.165) is 31.8 Å². The second-order valence-corrected chi connectivity index (χ2v) is 6.03. The van der Waals surface area contributed by atoms with Crippen LogP contribution in [0.2, 0.25) is 0 Å². The lowest BCUT2D eigenvalue weighted by Crippen LogP contribution is -2.48. The van der Waals surface area contributed by atoms with E-state index in [-0.39, 0.29) is 11.8 Å². The van der Waals surface area contributed by atoms with Gasteiger partial charge in [0, 0.05) is 25.1 Å². The first kappa shape index (κ1) is 13.4. The Kier molecular flexibility index (Phi) is 3.18. The van der Waals surface area contributed by atoms with Crippen LogP contribution in [0.1, 0.15) is 42.2 Å². The third-order valence-electron chi connectivity index (χ3n) is 3.97. The lowest BCUT2D eigenvalue weighted by molar-refractivity contribution is -0.118. The van der Waals surface area contributed by atoms with Gasteiger partial charge in [0.15, 0.2) is 11.6 Å². The Balaban J connectivity index is 1.25. The van der Waals surface area contributed by atoms with Crippen molar-refractivity contribution in [3.05, 3.63) is 23.5 Å². The molecule has 0 radical (unpaired) electrons. The molecule has 116 valence electrons. The van der Waals surface area contributed by atoms with E-state index in [1.54, 1.807) is 13.0 Å². The molecule has 22 heavy (non-hydrogen) atoms. The topological polar surface area (TPSA) is 97.3 Å². The molecule has 0 bridgehead atoms. The van der Waals surface area contributed by atoms with E-state index in [2.05, 4.69) is 20.6 Å². The molecule has 1 saturated heterocycles. The lowest BCUT2D eigenvalue weighted by Gasteiger charge is -2.36. The van der Waals surface area contributed by atoms with Crippen molar-refractivity contribution in [1.82, 2.24) is 20.2 Å². The minimum absolute atomic E-state index is 0.101. The molecule has 1 aliphatic heterocycles. The van der Waals surface area contributed by atoms with Gasteiger partial charge in [0.1, 0.15) is 5.76 Å². The van der Waals surface area contributed by atoms with Crippen LogP contribution in [0.3, 0.4) is 0 Å². The Bertz CT molecular complexity index is 684. The van der Waals surface area contributed by atoms with Gasteiger partial charge in [-0.05, 0) is 19.8 Å². The largest absolute Gasteiger partial charge is 0.360 e. The van der Waals surface area contributed by atoms with Crippen LogP contribution >= 0.6 is 0 Å². The summed E-state index contributed by atoms with van der Waals surface area (Å²) in [4.78, 5) is 18.4. The molecule has 2 aromatic rings. The van der Waals surface area contributed by atoms with Gasteiger partial charge in [0.2, 0.25) is 11.8 Å². The van der Waals surface area contributed by atoms with Gasteiger partial charge >= 0.3 is 0 Å². The normalized spacial score (nSPS) is 19.1. The van der Waals surface area contributed by atoms with Crippen LogP contribution in [0.4, 0.5) is 5.82 Å². The van der Waals surface area contributed by atoms with Crippen LogP contribution in [0.25, 0.3) is 0 Å². The van der Waals surface area contributed by atoms with Crippen LogP contribution < -0.4 is 5.32 Å². The number of aromatic nitrogens is 3. The molecule has 8 heteroatoms. The molecule has 0 aromatic carbocycles. The number of amides is 1. The molecule has 1 amide bonds. The monoisotopic (exact) mass is 303 g/mol. The Morgan fingerprint density at radius 3 is 2.82 bits per heavy atom. The summed E-state index contributed by atoms with van der Waals surface area (Å²) in [5.74, 6) is 3.30. The summed E-state index contributed by atoms with van der Waals surface area (Å²) < 4.78 is 10.2. The van der Waals surface area contributed by atoms with Crippen LogP contribution in [0.5, 0.6) is 0 Å². The highest BCUT2D eigenvalue weighted by Gasteiger charge is 2.35. The van der Waals surface area contributed by atoms with Crippen molar-refractivity contribution in [3.8, 4) is 0 Å². The highest BCUT2D eigenvalue weighted by atomic mass is 16.5. The van der Waals surface area contributed by atoms with Gasteiger partial charge in [-0.25, -0.2) is 0 Å². The number of nitrogens with zero attached hydrogens (tertiary/aromatic N) is 4. The zero-order valence-corrected chi connectivity index (χ0v) is 12.3. The summed E-state index contributed by atoms with van der Waals surface area (Å²) in [6.07, 6.45) is 2.33. The van der Waals surface area contributed by atoms with Crippen molar-refractivity contribution < 1.29 is 13.8 Å². The maximum atomic E-state index is 11.9. The van der Waals surface area contributed by atoms with Crippen LogP contribution in [-0.2, 0) is 4.79 Å². The minimum atomic E-state index is -0.101. The van der Waals surface area contributed by atoms with Gasteiger partial charge < -0.3 is 14.4 Å². The SMILES string of the molecule is Cc1cc(NC(=O)CN2CC(c3nc(C4CC4)no3)C2)no1. The molecule has 2 aromatic heterocycles. The third-order valence-corrected chi connectivity index (χ3v) is 3.97. The second kappa shape index (κ2) is 5.20. The molecule has 0 spiro atoms. The number of likely N-dealkylation sites (tertiary alicyclic amines) is 1. The zero-order valence-electron chi connectivity index (χ0n) is 12.3. The molecule has 0 unspecified atom stereocenters. The molecule has 4 rings (SSSR count). The number of carbonyl (C=O) groups is 1. The molecule has 0 atom stereocenters.